The van der Waals surface area contributed by atoms with Crippen LogP contribution in [0.15, 0.2) is 36.4 Å². The van der Waals surface area contributed by atoms with Gasteiger partial charge in [0.2, 0.25) is 5.88 Å². The average Bonchev–Trinajstić information content (AvgIpc) is 2.33. The third-order valence-electron chi connectivity index (χ3n) is 2.43. The van der Waals surface area contributed by atoms with Crippen molar-refractivity contribution in [3.05, 3.63) is 42.0 Å². The summed E-state index contributed by atoms with van der Waals surface area (Å²) in [5.41, 5.74) is 6.72. The van der Waals surface area contributed by atoms with E-state index in [4.69, 9.17) is 10.5 Å². The highest BCUT2D eigenvalue weighted by molar-refractivity contribution is 5.33. The number of aromatic nitrogens is 2. The van der Waals surface area contributed by atoms with Gasteiger partial charge in [-0.05, 0) is 29.7 Å². The summed E-state index contributed by atoms with van der Waals surface area (Å²) in [4.78, 5) is 0. The van der Waals surface area contributed by atoms with Crippen molar-refractivity contribution in [1.82, 2.24) is 10.2 Å². The molecule has 17 heavy (non-hydrogen) atoms. The lowest BCUT2D eigenvalue weighted by Crippen LogP contribution is -1.95. The minimum atomic E-state index is 0.382. The largest absolute Gasteiger partial charge is 0.438 e. The molecule has 2 rings (SSSR count). The molecule has 1 aromatic carbocycles. The van der Waals surface area contributed by atoms with E-state index in [-0.39, 0.29) is 0 Å². The molecule has 0 fully saturated rings. The van der Waals surface area contributed by atoms with Crippen LogP contribution in [0, 0.1) is 0 Å². The Bertz CT molecular complexity index is 477. The molecule has 88 valence electrons. The van der Waals surface area contributed by atoms with Gasteiger partial charge in [-0.1, -0.05) is 26.0 Å². The second-order valence-electron chi connectivity index (χ2n) is 4.12. The van der Waals surface area contributed by atoms with Crippen molar-refractivity contribution in [1.29, 1.82) is 0 Å². The molecule has 4 nitrogen and oxygen atoms in total. The summed E-state index contributed by atoms with van der Waals surface area (Å²) in [6, 6.07) is 11.3. The van der Waals surface area contributed by atoms with Gasteiger partial charge < -0.3 is 10.5 Å². The summed E-state index contributed by atoms with van der Waals surface area (Å²) in [7, 11) is 0. The summed E-state index contributed by atoms with van der Waals surface area (Å²) in [5.74, 6) is 2.08. The van der Waals surface area contributed by atoms with Crippen molar-refractivity contribution in [2.75, 3.05) is 5.73 Å². The molecular formula is C13H15N3O. The van der Waals surface area contributed by atoms with Gasteiger partial charge in [-0.3, -0.25) is 0 Å². The summed E-state index contributed by atoms with van der Waals surface area (Å²) in [6.07, 6.45) is 0. The lowest BCUT2D eigenvalue weighted by molar-refractivity contribution is 0.455. The molecule has 0 aliphatic heterocycles. The van der Waals surface area contributed by atoms with Crippen LogP contribution in [0.2, 0.25) is 0 Å². The van der Waals surface area contributed by atoms with E-state index in [0.29, 0.717) is 17.6 Å². The molecule has 2 aromatic rings. The zero-order valence-electron chi connectivity index (χ0n) is 9.92. The van der Waals surface area contributed by atoms with Gasteiger partial charge >= 0.3 is 0 Å². The van der Waals surface area contributed by atoms with Gasteiger partial charge in [-0.2, -0.15) is 0 Å². The smallest absolute Gasteiger partial charge is 0.238 e. The Hall–Kier alpha value is -2.10. The molecule has 0 spiro atoms. The number of nitrogens with zero attached hydrogens (tertiary/aromatic N) is 2. The second kappa shape index (κ2) is 4.82. The van der Waals surface area contributed by atoms with Gasteiger partial charge in [0.1, 0.15) is 11.6 Å². The van der Waals surface area contributed by atoms with E-state index in [0.717, 1.165) is 5.75 Å². The predicted octanol–water partition coefficient (Wildman–Crippen LogP) is 2.97. The quantitative estimate of drug-likeness (QED) is 0.878. The van der Waals surface area contributed by atoms with Crippen LogP contribution >= 0.6 is 0 Å². The topological polar surface area (TPSA) is 61.0 Å². The van der Waals surface area contributed by atoms with Crippen LogP contribution in [0.1, 0.15) is 25.3 Å². The lowest BCUT2D eigenvalue weighted by atomic mass is 10.0. The SMILES string of the molecule is CC(C)c1ccc(Oc2ccc(N)nn2)cc1. The third-order valence-corrected chi connectivity index (χ3v) is 2.43. The van der Waals surface area contributed by atoms with Crippen molar-refractivity contribution in [3.8, 4) is 11.6 Å². The fraction of sp³-hybridized carbons (Fsp3) is 0.231. The summed E-state index contributed by atoms with van der Waals surface area (Å²) >= 11 is 0. The Kier molecular flexibility index (Phi) is 3.23. The van der Waals surface area contributed by atoms with Crippen LogP contribution in [-0.4, -0.2) is 10.2 Å². The highest BCUT2D eigenvalue weighted by atomic mass is 16.5. The summed E-state index contributed by atoms with van der Waals surface area (Å²) in [6.45, 7) is 4.31. The normalized spacial score (nSPS) is 10.5. The van der Waals surface area contributed by atoms with E-state index < -0.39 is 0 Å². The zero-order valence-corrected chi connectivity index (χ0v) is 9.92. The van der Waals surface area contributed by atoms with Crippen molar-refractivity contribution >= 4 is 5.82 Å². The molecule has 2 N–H and O–H groups in total. The van der Waals surface area contributed by atoms with Crippen molar-refractivity contribution in [3.63, 3.8) is 0 Å². The van der Waals surface area contributed by atoms with Gasteiger partial charge in [-0.15, -0.1) is 10.2 Å². The van der Waals surface area contributed by atoms with Crippen molar-refractivity contribution < 1.29 is 4.74 Å². The summed E-state index contributed by atoms with van der Waals surface area (Å²) < 4.78 is 5.54. The molecule has 0 aliphatic rings. The number of anilines is 1. The van der Waals surface area contributed by atoms with Crippen molar-refractivity contribution in [2.45, 2.75) is 19.8 Å². The number of rotatable bonds is 3. The van der Waals surface area contributed by atoms with E-state index >= 15 is 0 Å². The second-order valence-corrected chi connectivity index (χ2v) is 4.12. The van der Waals surface area contributed by atoms with Gasteiger partial charge in [-0.25, -0.2) is 0 Å². The van der Waals surface area contributed by atoms with Crippen LogP contribution in [0.5, 0.6) is 11.6 Å². The third kappa shape index (κ3) is 2.93. The Morgan fingerprint density at radius 3 is 2.24 bits per heavy atom. The molecule has 1 aromatic heterocycles. The minimum Gasteiger partial charge on any atom is -0.438 e. The van der Waals surface area contributed by atoms with Crippen LogP contribution in [0.3, 0.4) is 0 Å². The maximum Gasteiger partial charge on any atom is 0.238 e. The van der Waals surface area contributed by atoms with Crippen LogP contribution in [-0.2, 0) is 0 Å². The Balaban J connectivity index is 2.11. The number of hydrogen-bond acceptors (Lipinski definition) is 4. The fourth-order valence-electron chi connectivity index (χ4n) is 1.43. The molecule has 1 heterocycles. The number of ether oxygens (including phenoxy) is 1. The Labute approximate surface area is 100 Å². The molecule has 4 heteroatoms. The van der Waals surface area contributed by atoms with E-state index in [1.54, 1.807) is 12.1 Å². The zero-order chi connectivity index (χ0) is 12.3. The Morgan fingerprint density at radius 2 is 1.71 bits per heavy atom. The van der Waals surface area contributed by atoms with Crippen LogP contribution < -0.4 is 10.5 Å². The number of nitrogens with two attached hydrogens (primary N) is 1. The lowest BCUT2D eigenvalue weighted by Gasteiger charge is -2.07. The van der Waals surface area contributed by atoms with Crippen LogP contribution in [0.25, 0.3) is 0 Å². The molecule has 0 saturated carbocycles. The van der Waals surface area contributed by atoms with E-state index in [9.17, 15) is 0 Å². The highest BCUT2D eigenvalue weighted by Crippen LogP contribution is 2.22. The van der Waals surface area contributed by atoms with Gasteiger partial charge in [0.05, 0.1) is 0 Å². The van der Waals surface area contributed by atoms with Gasteiger partial charge in [0.15, 0.2) is 0 Å². The first-order valence-electron chi connectivity index (χ1n) is 5.52. The Morgan fingerprint density at radius 1 is 1.00 bits per heavy atom. The van der Waals surface area contributed by atoms with Gasteiger partial charge in [0, 0.05) is 6.07 Å². The summed E-state index contributed by atoms with van der Waals surface area (Å²) in [5, 5.41) is 7.56. The van der Waals surface area contributed by atoms with Crippen molar-refractivity contribution in [2.24, 2.45) is 0 Å². The maximum absolute atomic E-state index is 5.54. The molecule has 0 aliphatic carbocycles. The standard InChI is InChI=1S/C13H15N3O/c1-9(2)10-3-5-11(6-4-10)17-13-8-7-12(14)15-16-13/h3-9H,1-2H3,(H2,14,15). The predicted molar refractivity (Wildman–Crippen MR) is 67.0 cm³/mol. The number of benzene rings is 1. The molecule has 0 unspecified atom stereocenters. The first kappa shape index (κ1) is 11.4. The first-order chi connectivity index (χ1) is 8.15. The monoisotopic (exact) mass is 229 g/mol. The van der Waals surface area contributed by atoms with Gasteiger partial charge in [0.25, 0.3) is 0 Å². The minimum absolute atomic E-state index is 0.382. The molecule has 0 amide bonds. The van der Waals surface area contributed by atoms with E-state index in [1.165, 1.54) is 5.56 Å². The van der Waals surface area contributed by atoms with Crippen LogP contribution in [0.4, 0.5) is 5.82 Å². The first-order valence-corrected chi connectivity index (χ1v) is 5.52. The molecular weight excluding hydrogens is 214 g/mol. The number of nitrogen functional groups attached to an aromatic ring is 1. The maximum atomic E-state index is 5.54. The fourth-order valence-corrected chi connectivity index (χ4v) is 1.43. The number of hydrogen-bond donors (Lipinski definition) is 1. The molecule has 0 bridgehead atoms. The molecule has 0 atom stereocenters. The molecule has 0 saturated heterocycles. The average molecular weight is 229 g/mol. The van der Waals surface area contributed by atoms with E-state index in [1.807, 2.05) is 24.3 Å². The van der Waals surface area contributed by atoms with E-state index in [2.05, 4.69) is 24.0 Å². The highest BCUT2D eigenvalue weighted by Gasteiger charge is 2.01. The molecule has 0 radical (unpaired) electrons.